The van der Waals surface area contributed by atoms with Crippen molar-refractivity contribution in [2.75, 3.05) is 20.2 Å². The number of nitrogens with zero attached hydrogens (tertiary/aromatic N) is 1. The second kappa shape index (κ2) is 6.40. The first-order valence-corrected chi connectivity index (χ1v) is 7.11. The average molecular weight is 263 g/mol. The topological polar surface area (TPSA) is 32.7 Å². The van der Waals surface area contributed by atoms with E-state index < -0.39 is 0 Å². The molecule has 1 saturated heterocycles. The summed E-state index contributed by atoms with van der Waals surface area (Å²) in [5.41, 5.74) is 2.13. The second-order valence-electron chi connectivity index (χ2n) is 5.94. The summed E-state index contributed by atoms with van der Waals surface area (Å²) in [5, 5.41) is 9.26. The summed E-state index contributed by atoms with van der Waals surface area (Å²) in [5.74, 6) is 2.44. The first kappa shape index (κ1) is 14.4. The van der Waals surface area contributed by atoms with Crippen LogP contribution in [0, 0.1) is 11.8 Å². The molecule has 1 aromatic carbocycles. The lowest BCUT2D eigenvalue weighted by Crippen LogP contribution is -2.38. The summed E-state index contributed by atoms with van der Waals surface area (Å²) < 4.78 is 5.43. The van der Waals surface area contributed by atoms with Gasteiger partial charge in [-0.15, -0.1) is 0 Å². The van der Waals surface area contributed by atoms with E-state index in [0.29, 0.717) is 0 Å². The van der Waals surface area contributed by atoms with Gasteiger partial charge in [-0.2, -0.15) is 0 Å². The predicted molar refractivity (Wildman–Crippen MR) is 77.1 cm³/mol. The van der Waals surface area contributed by atoms with Crippen LogP contribution in [-0.4, -0.2) is 30.2 Å². The normalized spacial score (nSPS) is 24.4. The molecular formula is C16H25NO2. The van der Waals surface area contributed by atoms with E-state index >= 15 is 0 Å². The third kappa shape index (κ3) is 3.71. The summed E-state index contributed by atoms with van der Waals surface area (Å²) >= 11 is 0. The van der Waals surface area contributed by atoms with Crippen molar-refractivity contribution < 1.29 is 9.84 Å². The molecule has 106 valence electrons. The Morgan fingerprint density at radius 3 is 2.53 bits per heavy atom. The molecule has 1 aromatic rings. The highest BCUT2D eigenvalue weighted by Crippen LogP contribution is 2.26. The molecule has 2 rings (SSSR count). The van der Waals surface area contributed by atoms with Gasteiger partial charge in [0.15, 0.2) is 0 Å². The quantitative estimate of drug-likeness (QED) is 0.906. The summed E-state index contributed by atoms with van der Waals surface area (Å²) in [6.07, 6.45) is 1.32. The largest absolute Gasteiger partial charge is 0.496 e. The Bertz CT molecular complexity index is 409. The zero-order valence-corrected chi connectivity index (χ0v) is 12.2. The van der Waals surface area contributed by atoms with Crippen LogP contribution in [0.2, 0.25) is 0 Å². The van der Waals surface area contributed by atoms with Crippen molar-refractivity contribution in [1.29, 1.82) is 0 Å². The molecule has 1 N–H and O–H groups in total. The standard InChI is InChI=1S/C16H25NO2/c1-12-6-13(2)9-17(8-12)10-15-7-14(11-18)4-5-16(15)19-3/h4-5,7,12-13,18H,6,8-11H2,1-3H3. The molecule has 0 radical (unpaired) electrons. The van der Waals surface area contributed by atoms with Gasteiger partial charge in [0.2, 0.25) is 0 Å². The molecule has 1 heterocycles. The molecule has 0 amide bonds. The number of benzene rings is 1. The molecule has 1 fully saturated rings. The molecule has 0 spiro atoms. The highest BCUT2D eigenvalue weighted by atomic mass is 16.5. The third-order valence-electron chi connectivity index (χ3n) is 3.87. The Labute approximate surface area is 116 Å². The van der Waals surface area contributed by atoms with Gasteiger partial charge >= 0.3 is 0 Å². The Kier molecular flexibility index (Phi) is 4.83. The van der Waals surface area contributed by atoms with E-state index in [9.17, 15) is 5.11 Å². The van der Waals surface area contributed by atoms with Crippen molar-refractivity contribution >= 4 is 0 Å². The highest BCUT2D eigenvalue weighted by molar-refractivity contribution is 5.37. The fourth-order valence-corrected chi connectivity index (χ4v) is 3.22. The van der Waals surface area contributed by atoms with Crippen LogP contribution in [0.3, 0.4) is 0 Å². The molecule has 0 aromatic heterocycles. The number of aliphatic hydroxyl groups excluding tert-OH is 1. The minimum Gasteiger partial charge on any atom is -0.496 e. The Balaban J connectivity index is 2.12. The van der Waals surface area contributed by atoms with Crippen molar-refractivity contribution in [2.24, 2.45) is 11.8 Å². The van der Waals surface area contributed by atoms with Crippen LogP contribution in [0.1, 0.15) is 31.4 Å². The van der Waals surface area contributed by atoms with E-state index in [1.165, 1.54) is 12.0 Å². The van der Waals surface area contributed by atoms with E-state index in [0.717, 1.165) is 42.8 Å². The number of aliphatic hydroxyl groups is 1. The van der Waals surface area contributed by atoms with Crippen molar-refractivity contribution in [3.63, 3.8) is 0 Å². The van der Waals surface area contributed by atoms with Crippen LogP contribution in [0.25, 0.3) is 0 Å². The molecule has 0 bridgehead atoms. The lowest BCUT2D eigenvalue weighted by molar-refractivity contribution is 0.133. The van der Waals surface area contributed by atoms with Gasteiger partial charge in [-0.05, 0) is 36.0 Å². The average Bonchev–Trinajstić information content (AvgIpc) is 2.37. The van der Waals surface area contributed by atoms with Crippen molar-refractivity contribution in [1.82, 2.24) is 4.90 Å². The van der Waals surface area contributed by atoms with Gasteiger partial charge in [0.1, 0.15) is 5.75 Å². The van der Waals surface area contributed by atoms with Crippen LogP contribution >= 0.6 is 0 Å². The summed E-state index contributed by atoms with van der Waals surface area (Å²) in [7, 11) is 1.71. The van der Waals surface area contributed by atoms with Gasteiger partial charge in [0.05, 0.1) is 13.7 Å². The van der Waals surface area contributed by atoms with E-state index in [1.54, 1.807) is 7.11 Å². The summed E-state index contributed by atoms with van der Waals surface area (Å²) in [4.78, 5) is 2.50. The lowest BCUT2D eigenvalue weighted by Gasteiger charge is -2.35. The van der Waals surface area contributed by atoms with Crippen LogP contribution in [0.15, 0.2) is 18.2 Å². The number of methoxy groups -OCH3 is 1. The van der Waals surface area contributed by atoms with E-state index in [-0.39, 0.29) is 6.61 Å². The minimum absolute atomic E-state index is 0.0871. The fraction of sp³-hybridized carbons (Fsp3) is 0.625. The maximum absolute atomic E-state index is 9.26. The van der Waals surface area contributed by atoms with Crippen LogP contribution < -0.4 is 4.74 Å². The number of hydrogen-bond acceptors (Lipinski definition) is 3. The van der Waals surface area contributed by atoms with Gasteiger partial charge in [-0.1, -0.05) is 19.9 Å². The van der Waals surface area contributed by atoms with Crippen LogP contribution in [-0.2, 0) is 13.2 Å². The number of rotatable bonds is 4. The minimum atomic E-state index is 0.0871. The first-order valence-electron chi connectivity index (χ1n) is 7.11. The van der Waals surface area contributed by atoms with Gasteiger partial charge in [-0.3, -0.25) is 4.90 Å². The molecule has 0 saturated carbocycles. The maximum atomic E-state index is 9.26. The summed E-state index contributed by atoms with van der Waals surface area (Å²) in [6.45, 7) is 7.94. The maximum Gasteiger partial charge on any atom is 0.123 e. The second-order valence-corrected chi connectivity index (χ2v) is 5.94. The molecule has 3 nitrogen and oxygen atoms in total. The van der Waals surface area contributed by atoms with Crippen LogP contribution in [0.4, 0.5) is 0 Å². The van der Waals surface area contributed by atoms with Crippen LogP contribution in [0.5, 0.6) is 5.75 Å². The molecule has 1 aliphatic rings. The number of piperidine rings is 1. The van der Waals surface area contributed by atoms with Gasteiger partial charge < -0.3 is 9.84 Å². The molecule has 2 unspecified atom stereocenters. The molecule has 3 heteroatoms. The Morgan fingerprint density at radius 1 is 1.26 bits per heavy atom. The van der Waals surface area contributed by atoms with E-state index in [1.807, 2.05) is 12.1 Å². The number of hydrogen-bond donors (Lipinski definition) is 1. The van der Waals surface area contributed by atoms with Gasteiger partial charge in [0, 0.05) is 25.2 Å². The molecular weight excluding hydrogens is 238 g/mol. The van der Waals surface area contributed by atoms with Crippen molar-refractivity contribution in [2.45, 2.75) is 33.4 Å². The van der Waals surface area contributed by atoms with Crippen molar-refractivity contribution in [3.8, 4) is 5.75 Å². The molecule has 19 heavy (non-hydrogen) atoms. The smallest absolute Gasteiger partial charge is 0.123 e. The van der Waals surface area contributed by atoms with Gasteiger partial charge in [-0.25, -0.2) is 0 Å². The lowest BCUT2D eigenvalue weighted by atomic mass is 9.91. The molecule has 1 aliphatic heterocycles. The Morgan fingerprint density at radius 2 is 1.95 bits per heavy atom. The number of likely N-dealkylation sites (tertiary alicyclic amines) is 1. The summed E-state index contributed by atoms with van der Waals surface area (Å²) in [6, 6.07) is 5.93. The number of ether oxygens (including phenoxy) is 1. The zero-order chi connectivity index (χ0) is 13.8. The fourth-order valence-electron chi connectivity index (χ4n) is 3.22. The predicted octanol–water partition coefficient (Wildman–Crippen LogP) is 2.67. The van der Waals surface area contributed by atoms with Gasteiger partial charge in [0.25, 0.3) is 0 Å². The molecule has 0 aliphatic carbocycles. The highest BCUT2D eigenvalue weighted by Gasteiger charge is 2.22. The third-order valence-corrected chi connectivity index (χ3v) is 3.87. The van der Waals surface area contributed by atoms with Crippen molar-refractivity contribution in [3.05, 3.63) is 29.3 Å². The monoisotopic (exact) mass is 263 g/mol. The van der Waals surface area contributed by atoms with E-state index in [2.05, 4.69) is 24.8 Å². The zero-order valence-electron chi connectivity index (χ0n) is 12.2. The SMILES string of the molecule is COc1ccc(CO)cc1CN1CC(C)CC(C)C1. The van der Waals surface area contributed by atoms with E-state index in [4.69, 9.17) is 4.74 Å². The Hall–Kier alpha value is -1.06. The first-order chi connectivity index (χ1) is 9.12. The molecule has 2 atom stereocenters.